The van der Waals surface area contributed by atoms with Crippen LogP contribution in [0.4, 0.5) is 0 Å². The third-order valence-corrected chi connectivity index (χ3v) is 4.95. The molecule has 1 amide bonds. The van der Waals surface area contributed by atoms with E-state index in [2.05, 4.69) is 34.6 Å². The van der Waals surface area contributed by atoms with E-state index in [0.29, 0.717) is 18.0 Å². The lowest BCUT2D eigenvalue weighted by Gasteiger charge is -2.17. The maximum atomic E-state index is 12.7. The zero-order valence-electron chi connectivity index (χ0n) is 15.3. The Labute approximate surface area is 168 Å². The van der Waals surface area contributed by atoms with Crippen molar-refractivity contribution in [3.63, 3.8) is 0 Å². The van der Waals surface area contributed by atoms with Crippen molar-refractivity contribution in [3.05, 3.63) is 107 Å². The van der Waals surface area contributed by atoms with E-state index in [1.165, 1.54) is 0 Å². The van der Waals surface area contributed by atoms with Crippen LogP contribution in [0.5, 0.6) is 0 Å². The fraction of sp³-hybridized carbons (Fsp3) is 0.130. The lowest BCUT2D eigenvalue weighted by molar-refractivity contribution is -0.121. The van der Waals surface area contributed by atoms with E-state index in [9.17, 15) is 4.79 Å². The van der Waals surface area contributed by atoms with Gasteiger partial charge in [0.05, 0.1) is 17.3 Å². The van der Waals surface area contributed by atoms with Crippen molar-refractivity contribution in [3.8, 4) is 0 Å². The van der Waals surface area contributed by atoms with Gasteiger partial charge in [0.1, 0.15) is 5.65 Å². The molecule has 0 atom stereocenters. The first-order valence-corrected chi connectivity index (χ1v) is 9.56. The van der Waals surface area contributed by atoms with Gasteiger partial charge >= 0.3 is 0 Å². The molecule has 2 heterocycles. The Morgan fingerprint density at radius 2 is 1.57 bits per heavy atom. The SMILES string of the molecule is O=C(CC(c1ccccc1)c1ccccc1)NCc1cn2cc(Cl)ccc2n1. The van der Waals surface area contributed by atoms with Gasteiger partial charge in [-0.3, -0.25) is 4.79 Å². The first-order chi connectivity index (χ1) is 13.7. The number of amides is 1. The van der Waals surface area contributed by atoms with Crippen LogP contribution in [0.2, 0.25) is 5.02 Å². The Kier molecular flexibility index (Phi) is 5.40. The number of carbonyl (C=O) groups excluding carboxylic acids is 1. The first-order valence-electron chi connectivity index (χ1n) is 9.19. The van der Waals surface area contributed by atoms with Crippen LogP contribution in [-0.2, 0) is 11.3 Å². The molecule has 0 radical (unpaired) electrons. The van der Waals surface area contributed by atoms with Gasteiger partial charge in [0.2, 0.25) is 5.91 Å². The molecule has 4 nitrogen and oxygen atoms in total. The number of carbonyl (C=O) groups is 1. The van der Waals surface area contributed by atoms with Gasteiger partial charge in [-0.25, -0.2) is 4.98 Å². The Hall–Kier alpha value is -3.11. The summed E-state index contributed by atoms with van der Waals surface area (Å²) < 4.78 is 1.86. The molecule has 2 aromatic carbocycles. The molecule has 0 saturated heterocycles. The first kappa shape index (κ1) is 18.3. The quantitative estimate of drug-likeness (QED) is 0.513. The van der Waals surface area contributed by atoms with E-state index in [1.807, 2.05) is 53.1 Å². The average molecular weight is 390 g/mol. The number of fused-ring (bicyclic) bond motifs is 1. The Morgan fingerprint density at radius 3 is 2.21 bits per heavy atom. The molecule has 0 unspecified atom stereocenters. The summed E-state index contributed by atoms with van der Waals surface area (Å²) in [6.45, 7) is 0.383. The van der Waals surface area contributed by atoms with Crippen LogP contribution in [0.3, 0.4) is 0 Å². The summed E-state index contributed by atoms with van der Waals surface area (Å²) in [5.41, 5.74) is 3.86. The number of halogens is 1. The summed E-state index contributed by atoms with van der Waals surface area (Å²) in [6.07, 6.45) is 4.07. The number of rotatable bonds is 6. The average Bonchev–Trinajstić information content (AvgIpc) is 3.14. The third kappa shape index (κ3) is 4.24. The van der Waals surface area contributed by atoms with Crippen LogP contribution in [0.1, 0.15) is 29.2 Å². The number of aromatic nitrogens is 2. The number of hydrogen-bond acceptors (Lipinski definition) is 2. The molecule has 140 valence electrons. The normalized spacial score (nSPS) is 11.1. The lowest BCUT2D eigenvalue weighted by Crippen LogP contribution is -2.25. The molecule has 4 rings (SSSR count). The van der Waals surface area contributed by atoms with E-state index in [1.54, 1.807) is 12.3 Å². The van der Waals surface area contributed by atoms with Gasteiger partial charge in [-0.15, -0.1) is 0 Å². The van der Waals surface area contributed by atoms with Gasteiger partial charge in [0.25, 0.3) is 0 Å². The topological polar surface area (TPSA) is 46.4 Å². The summed E-state index contributed by atoms with van der Waals surface area (Å²) >= 11 is 6.01. The summed E-state index contributed by atoms with van der Waals surface area (Å²) in [5.74, 6) is 0.00932. The molecule has 28 heavy (non-hydrogen) atoms. The predicted molar refractivity (Wildman–Crippen MR) is 111 cm³/mol. The lowest BCUT2D eigenvalue weighted by atomic mass is 9.88. The van der Waals surface area contributed by atoms with Crippen molar-refractivity contribution < 1.29 is 4.79 Å². The summed E-state index contributed by atoms with van der Waals surface area (Å²) in [7, 11) is 0. The highest BCUT2D eigenvalue weighted by molar-refractivity contribution is 6.30. The van der Waals surface area contributed by atoms with Crippen LogP contribution in [0.25, 0.3) is 5.65 Å². The molecule has 1 N–H and O–H groups in total. The second-order valence-corrected chi connectivity index (χ2v) is 7.14. The third-order valence-electron chi connectivity index (χ3n) is 4.72. The standard InChI is InChI=1S/C23H20ClN3O/c24-19-11-12-22-26-20(16-27(22)15-19)14-25-23(28)13-21(17-7-3-1-4-8-17)18-9-5-2-6-10-18/h1-12,15-16,21H,13-14H2,(H,25,28). The number of benzene rings is 2. The molecule has 4 aromatic rings. The van der Waals surface area contributed by atoms with E-state index >= 15 is 0 Å². The maximum absolute atomic E-state index is 12.7. The van der Waals surface area contributed by atoms with Crippen molar-refractivity contribution in [2.45, 2.75) is 18.9 Å². The van der Waals surface area contributed by atoms with Crippen molar-refractivity contribution in [2.24, 2.45) is 0 Å². The highest BCUT2D eigenvalue weighted by Crippen LogP contribution is 2.27. The molecule has 0 fully saturated rings. The van der Waals surface area contributed by atoms with E-state index in [0.717, 1.165) is 22.5 Å². The molecule has 0 spiro atoms. The van der Waals surface area contributed by atoms with E-state index in [4.69, 9.17) is 11.6 Å². The van der Waals surface area contributed by atoms with Crippen LogP contribution in [0.15, 0.2) is 85.2 Å². The smallest absolute Gasteiger partial charge is 0.221 e. The Morgan fingerprint density at radius 1 is 0.929 bits per heavy atom. The second-order valence-electron chi connectivity index (χ2n) is 6.70. The van der Waals surface area contributed by atoms with Crippen molar-refractivity contribution >= 4 is 23.2 Å². The molecule has 5 heteroatoms. The van der Waals surface area contributed by atoms with E-state index in [-0.39, 0.29) is 11.8 Å². The second kappa shape index (κ2) is 8.28. The number of imidazole rings is 1. The summed E-state index contributed by atoms with van der Waals surface area (Å²) in [4.78, 5) is 17.2. The van der Waals surface area contributed by atoms with Crippen LogP contribution in [0, 0.1) is 0 Å². The molecule has 0 aliphatic heterocycles. The monoisotopic (exact) mass is 389 g/mol. The highest BCUT2D eigenvalue weighted by atomic mass is 35.5. The molecule has 0 aliphatic rings. The van der Waals surface area contributed by atoms with Crippen molar-refractivity contribution in [1.82, 2.24) is 14.7 Å². The molecule has 0 saturated carbocycles. The van der Waals surface area contributed by atoms with Gasteiger partial charge in [0.15, 0.2) is 0 Å². The largest absolute Gasteiger partial charge is 0.350 e. The number of nitrogens with zero attached hydrogens (tertiary/aromatic N) is 2. The van der Waals surface area contributed by atoms with Crippen LogP contribution in [-0.4, -0.2) is 15.3 Å². The summed E-state index contributed by atoms with van der Waals surface area (Å²) in [6, 6.07) is 23.9. The predicted octanol–water partition coefficient (Wildman–Crippen LogP) is 4.83. The molecule has 0 aliphatic carbocycles. The molecule has 2 aromatic heterocycles. The van der Waals surface area contributed by atoms with Crippen LogP contribution < -0.4 is 5.32 Å². The number of pyridine rings is 1. The van der Waals surface area contributed by atoms with Gasteiger partial charge in [-0.1, -0.05) is 72.3 Å². The number of hydrogen-bond donors (Lipinski definition) is 1. The van der Waals surface area contributed by atoms with E-state index < -0.39 is 0 Å². The molecular formula is C23H20ClN3O. The minimum atomic E-state index is -0.00667. The highest BCUT2D eigenvalue weighted by Gasteiger charge is 2.18. The fourth-order valence-corrected chi connectivity index (χ4v) is 3.52. The maximum Gasteiger partial charge on any atom is 0.221 e. The zero-order valence-corrected chi connectivity index (χ0v) is 16.0. The fourth-order valence-electron chi connectivity index (χ4n) is 3.35. The Bertz CT molecular complexity index is 1040. The number of nitrogens with one attached hydrogen (secondary N) is 1. The summed E-state index contributed by atoms with van der Waals surface area (Å²) in [5, 5.41) is 3.64. The van der Waals surface area contributed by atoms with Crippen molar-refractivity contribution in [1.29, 1.82) is 0 Å². The van der Waals surface area contributed by atoms with Gasteiger partial charge in [-0.2, -0.15) is 0 Å². The van der Waals surface area contributed by atoms with Crippen molar-refractivity contribution in [2.75, 3.05) is 0 Å². The van der Waals surface area contributed by atoms with Gasteiger partial charge in [-0.05, 0) is 23.3 Å². The minimum Gasteiger partial charge on any atom is -0.350 e. The minimum absolute atomic E-state index is 0.00667. The zero-order chi connectivity index (χ0) is 19.3. The van der Waals surface area contributed by atoms with Crippen LogP contribution >= 0.6 is 11.6 Å². The Balaban J connectivity index is 1.46. The molecule has 0 bridgehead atoms. The van der Waals surface area contributed by atoms with Gasteiger partial charge < -0.3 is 9.72 Å². The molecular weight excluding hydrogens is 370 g/mol. The van der Waals surface area contributed by atoms with Gasteiger partial charge in [0, 0.05) is 24.7 Å².